The van der Waals surface area contributed by atoms with E-state index in [1.54, 1.807) is 0 Å². The van der Waals surface area contributed by atoms with Gasteiger partial charge in [-0.1, -0.05) is 231 Å². The molecule has 0 radical (unpaired) electrons. The van der Waals surface area contributed by atoms with Crippen LogP contribution in [0.4, 0.5) is 0 Å². The summed E-state index contributed by atoms with van der Waals surface area (Å²) in [6, 6.07) is 0. The van der Waals surface area contributed by atoms with Crippen LogP contribution in [-0.4, -0.2) is 37.2 Å². The summed E-state index contributed by atoms with van der Waals surface area (Å²) in [7, 11) is 0. The number of esters is 3. The molecule has 0 bridgehead atoms. The maximum Gasteiger partial charge on any atom is 0.306 e. The van der Waals surface area contributed by atoms with E-state index < -0.39 is 6.10 Å². The second-order valence-electron chi connectivity index (χ2n) is 18.8. The quantitative estimate of drug-likeness (QED) is 0.0261. The molecule has 410 valence electrons. The molecule has 0 saturated carbocycles. The maximum atomic E-state index is 12.9. The van der Waals surface area contributed by atoms with E-state index in [-0.39, 0.29) is 37.5 Å². The molecule has 1 unspecified atom stereocenters. The van der Waals surface area contributed by atoms with E-state index in [9.17, 15) is 14.4 Å². The van der Waals surface area contributed by atoms with Crippen molar-refractivity contribution in [2.24, 2.45) is 0 Å². The molecule has 0 aromatic rings. The summed E-state index contributed by atoms with van der Waals surface area (Å²) < 4.78 is 16.8. The molecule has 0 heterocycles. The fourth-order valence-corrected chi connectivity index (χ4v) is 7.53. The molecule has 73 heavy (non-hydrogen) atoms. The molecule has 6 heteroatoms. The van der Waals surface area contributed by atoms with Gasteiger partial charge in [0.2, 0.25) is 0 Å². The Bertz CT molecular complexity index is 1630. The lowest BCUT2D eigenvalue weighted by atomic mass is 10.1. The highest BCUT2D eigenvalue weighted by Gasteiger charge is 2.19. The van der Waals surface area contributed by atoms with Crippen LogP contribution in [0.25, 0.3) is 0 Å². The standard InChI is InChI=1S/C67H106O6/c1-4-7-10-13-16-19-22-25-28-30-32-33-35-36-39-42-45-48-51-54-57-60-66(69)72-63-64(62-71-65(68)59-56-53-50-47-44-41-38-27-24-21-18-15-12-9-6-3)73-67(70)61-58-55-52-49-46-43-40-37-34-31-29-26-23-20-17-14-11-8-5-2/h7-12,16-21,25-29,32-34,37-38,43,46,64H,4-6,13-15,22-24,30-31,35-36,39-42,44-45,47-63H2,1-3H3/b10-7-,11-8-,12-9-,19-16-,20-17-,21-18-,28-25-,29-26-,33-32-,37-34-,38-27-,46-43-. The highest BCUT2D eigenvalue weighted by atomic mass is 16.6. The van der Waals surface area contributed by atoms with Crippen LogP contribution in [0.5, 0.6) is 0 Å². The number of hydrogen-bond acceptors (Lipinski definition) is 6. The van der Waals surface area contributed by atoms with E-state index in [0.29, 0.717) is 19.3 Å². The molecule has 6 nitrogen and oxygen atoms in total. The summed E-state index contributed by atoms with van der Waals surface area (Å²) >= 11 is 0. The first-order valence-corrected chi connectivity index (χ1v) is 29.3. The molecular formula is C67H106O6. The molecule has 0 amide bonds. The maximum absolute atomic E-state index is 12.9. The van der Waals surface area contributed by atoms with Crippen LogP contribution < -0.4 is 0 Å². The molecule has 0 rings (SSSR count). The van der Waals surface area contributed by atoms with E-state index >= 15 is 0 Å². The molecule has 0 aliphatic heterocycles. The Hall–Kier alpha value is -4.71. The largest absolute Gasteiger partial charge is 0.462 e. The van der Waals surface area contributed by atoms with Gasteiger partial charge in [0.05, 0.1) is 0 Å². The zero-order valence-corrected chi connectivity index (χ0v) is 46.8. The van der Waals surface area contributed by atoms with Gasteiger partial charge in [-0.25, -0.2) is 0 Å². The van der Waals surface area contributed by atoms with Gasteiger partial charge >= 0.3 is 17.9 Å². The molecular weight excluding hydrogens is 901 g/mol. The van der Waals surface area contributed by atoms with Crippen LogP contribution in [0.2, 0.25) is 0 Å². The monoisotopic (exact) mass is 1010 g/mol. The Labute approximate surface area is 448 Å². The van der Waals surface area contributed by atoms with E-state index in [4.69, 9.17) is 14.2 Å². The minimum atomic E-state index is -0.814. The number of allylic oxidation sites excluding steroid dienone is 24. The normalized spacial score (nSPS) is 13.2. The predicted octanol–water partition coefficient (Wildman–Crippen LogP) is 20.0. The molecule has 1 atom stereocenters. The minimum absolute atomic E-state index is 0.107. The van der Waals surface area contributed by atoms with Gasteiger partial charge in [0.25, 0.3) is 0 Å². The van der Waals surface area contributed by atoms with Crippen LogP contribution in [-0.2, 0) is 28.6 Å². The summed E-state index contributed by atoms with van der Waals surface area (Å²) in [5.41, 5.74) is 0. The fraction of sp³-hybridized carbons (Fsp3) is 0.597. The predicted molar refractivity (Wildman–Crippen MR) is 315 cm³/mol. The zero-order valence-electron chi connectivity index (χ0n) is 46.8. The first kappa shape index (κ1) is 68.3. The van der Waals surface area contributed by atoms with E-state index in [1.165, 1.54) is 32.1 Å². The number of hydrogen-bond donors (Lipinski definition) is 0. The fourth-order valence-electron chi connectivity index (χ4n) is 7.53. The van der Waals surface area contributed by atoms with Gasteiger partial charge in [0.15, 0.2) is 6.10 Å². The smallest absolute Gasteiger partial charge is 0.306 e. The lowest BCUT2D eigenvalue weighted by Crippen LogP contribution is -2.30. The Morgan fingerprint density at radius 2 is 0.493 bits per heavy atom. The third-order valence-electron chi connectivity index (χ3n) is 11.8. The molecule has 0 spiro atoms. The van der Waals surface area contributed by atoms with Crippen molar-refractivity contribution in [3.05, 3.63) is 146 Å². The summed E-state index contributed by atoms with van der Waals surface area (Å²) in [6.45, 7) is 6.25. The summed E-state index contributed by atoms with van der Waals surface area (Å²) in [5.74, 6) is -0.969. The topological polar surface area (TPSA) is 78.9 Å². The van der Waals surface area contributed by atoms with Gasteiger partial charge in [0, 0.05) is 19.3 Å². The van der Waals surface area contributed by atoms with E-state index in [1.807, 2.05) is 0 Å². The lowest BCUT2D eigenvalue weighted by molar-refractivity contribution is -0.167. The van der Waals surface area contributed by atoms with E-state index in [0.717, 1.165) is 161 Å². The zero-order chi connectivity index (χ0) is 52.9. The molecule has 0 fully saturated rings. The Kier molecular flexibility index (Phi) is 56.0. The number of ether oxygens (including phenoxy) is 3. The second kappa shape index (κ2) is 59.8. The van der Waals surface area contributed by atoms with Gasteiger partial charge < -0.3 is 14.2 Å². The van der Waals surface area contributed by atoms with Crippen LogP contribution in [0, 0.1) is 0 Å². The molecule has 0 aliphatic carbocycles. The van der Waals surface area contributed by atoms with Crippen LogP contribution >= 0.6 is 0 Å². The van der Waals surface area contributed by atoms with Crippen molar-refractivity contribution in [1.82, 2.24) is 0 Å². The molecule has 0 N–H and O–H groups in total. The Balaban J connectivity index is 4.50. The average molecular weight is 1010 g/mol. The van der Waals surface area contributed by atoms with Crippen molar-refractivity contribution >= 4 is 17.9 Å². The SMILES string of the molecule is CC/C=C\C/C=C\C/C=C\C/C=C\C/C=C\CCCCCC(=O)OC(COC(=O)CCCCCCC/C=C\C/C=C\C/C=C\CC)COC(=O)CCCCCCCCCC/C=C\C/C=C\C/C=C\C/C=C\CC. The van der Waals surface area contributed by atoms with Gasteiger partial charge in [-0.05, 0) is 135 Å². The van der Waals surface area contributed by atoms with Crippen LogP contribution in [0.1, 0.15) is 239 Å². The third kappa shape index (κ3) is 58.1. The lowest BCUT2D eigenvalue weighted by Gasteiger charge is -2.18. The van der Waals surface area contributed by atoms with Crippen molar-refractivity contribution in [3.63, 3.8) is 0 Å². The summed E-state index contributed by atoms with van der Waals surface area (Å²) in [6.07, 6.45) is 85.5. The van der Waals surface area contributed by atoms with Crippen molar-refractivity contribution in [2.75, 3.05) is 13.2 Å². The highest BCUT2D eigenvalue weighted by Crippen LogP contribution is 2.14. The average Bonchev–Trinajstić information content (AvgIpc) is 3.39. The van der Waals surface area contributed by atoms with Crippen molar-refractivity contribution in [2.45, 2.75) is 245 Å². The first-order valence-electron chi connectivity index (χ1n) is 29.3. The van der Waals surface area contributed by atoms with Crippen molar-refractivity contribution < 1.29 is 28.6 Å². The number of unbranched alkanes of at least 4 members (excludes halogenated alkanes) is 16. The minimum Gasteiger partial charge on any atom is -0.462 e. The summed E-state index contributed by atoms with van der Waals surface area (Å²) in [5, 5.41) is 0. The third-order valence-corrected chi connectivity index (χ3v) is 11.8. The van der Waals surface area contributed by atoms with Gasteiger partial charge in [-0.2, -0.15) is 0 Å². The molecule has 0 aromatic heterocycles. The van der Waals surface area contributed by atoms with Crippen molar-refractivity contribution in [3.8, 4) is 0 Å². The second-order valence-corrected chi connectivity index (χ2v) is 18.8. The molecule has 0 aromatic carbocycles. The van der Waals surface area contributed by atoms with Crippen molar-refractivity contribution in [1.29, 1.82) is 0 Å². The van der Waals surface area contributed by atoms with Crippen LogP contribution in [0.3, 0.4) is 0 Å². The number of carbonyl (C=O) groups is 3. The highest BCUT2D eigenvalue weighted by molar-refractivity contribution is 5.71. The van der Waals surface area contributed by atoms with Gasteiger partial charge in [-0.3, -0.25) is 14.4 Å². The number of rotatable bonds is 51. The summed E-state index contributed by atoms with van der Waals surface area (Å²) in [4.78, 5) is 38.2. The van der Waals surface area contributed by atoms with E-state index in [2.05, 4.69) is 167 Å². The Morgan fingerprint density at radius 1 is 0.274 bits per heavy atom. The number of carbonyl (C=O) groups excluding carboxylic acids is 3. The Morgan fingerprint density at radius 3 is 0.781 bits per heavy atom. The molecule has 0 saturated heterocycles. The van der Waals surface area contributed by atoms with Crippen LogP contribution in [0.15, 0.2) is 146 Å². The van der Waals surface area contributed by atoms with Gasteiger partial charge in [-0.15, -0.1) is 0 Å². The molecule has 0 aliphatic rings. The van der Waals surface area contributed by atoms with Gasteiger partial charge in [0.1, 0.15) is 13.2 Å². The first-order chi connectivity index (χ1) is 36.0.